The second-order valence-electron chi connectivity index (χ2n) is 5.99. The van der Waals surface area contributed by atoms with Gasteiger partial charge in [0.25, 0.3) is 0 Å². The number of hydrogen-bond acceptors (Lipinski definition) is 3. The second kappa shape index (κ2) is 5.47. The number of thiophene rings is 1. The Morgan fingerprint density at radius 1 is 1.32 bits per heavy atom. The van der Waals surface area contributed by atoms with Crippen LogP contribution in [0, 0.1) is 13.8 Å². The average molecular weight is 277 g/mol. The summed E-state index contributed by atoms with van der Waals surface area (Å²) in [6, 6.07) is 4.25. The van der Waals surface area contributed by atoms with Crippen LogP contribution in [0.2, 0.25) is 0 Å². The topological polar surface area (TPSA) is 29.9 Å². The van der Waals surface area contributed by atoms with Crippen molar-refractivity contribution in [3.05, 3.63) is 39.3 Å². The van der Waals surface area contributed by atoms with Crippen LogP contribution in [0.25, 0.3) is 0 Å². The molecule has 2 heterocycles. The van der Waals surface area contributed by atoms with Gasteiger partial charge in [0.05, 0.1) is 12.2 Å². The first-order chi connectivity index (χ1) is 8.87. The predicted octanol–water partition coefficient (Wildman–Crippen LogP) is 3.50. The molecule has 0 radical (unpaired) electrons. The molecule has 0 atom stereocenters. The van der Waals surface area contributed by atoms with Crippen molar-refractivity contribution >= 4 is 11.3 Å². The lowest BCUT2D eigenvalue weighted by Gasteiger charge is -2.20. The molecule has 4 heteroatoms. The summed E-state index contributed by atoms with van der Waals surface area (Å²) >= 11 is 1.78. The minimum atomic E-state index is 0.134. The number of nitrogens with zero attached hydrogens (tertiary/aromatic N) is 2. The molecule has 0 aromatic carbocycles. The lowest BCUT2D eigenvalue weighted by Crippen LogP contribution is -2.35. The van der Waals surface area contributed by atoms with Gasteiger partial charge in [-0.1, -0.05) is 6.07 Å². The summed E-state index contributed by atoms with van der Waals surface area (Å²) in [6.07, 6.45) is 0. The molecule has 2 aromatic heterocycles. The first-order valence-electron chi connectivity index (χ1n) is 6.67. The summed E-state index contributed by atoms with van der Waals surface area (Å²) in [4.78, 5) is 1.35. The van der Waals surface area contributed by atoms with E-state index in [2.05, 4.69) is 67.2 Å². The highest BCUT2D eigenvalue weighted by atomic mass is 32.1. The number of nitrogens with one attached hydrogen (secondary N) is 1. The van der Waals surface area contributed by atoms with E-state index in [0.717, 1.165) is 18.8 Å². The van der Waals surface area contributed by atoms with Crippen molar-refractivity contribution in [3.63, 3.8) is 0 Å². The minimum Gasteiger partial charge on any atom is -0.308 e. The van der Waals surface area contributed by atoms with Crippen LogP contribution in [0.15, 0.2) is 17.5 Å². The Labute approximate surface area is 119 Å². The van der Waals surface area contributed by atoms with Gasteiger partial charge in [-0.15, -0.1) is 11.3 Å². The Morgan fingerprint density at radius 2 is 2.05 bits per heavy atom. The third-order valence-corrected chi connectivity index (χ3v) is 4.07. The van der Waals surface area contributed by atoms with Crippen LogP contribution in [0.1, 0.15) is 42.6 Å². The summed E-state index contributed by atoms with van der Waals surface area (Å²) in [7, 11) is 0. The average Bonchev–Trinajstić information content (AvgIpc) is 2.87. The largest absolute Gasteiger partial charge is 0.308 e. The smallest absolute Gasteiger partial charge is 0.0755 e. The summed E-state index contributed by atoms with van der Waals surface area (Å²) < 4.78 is 2.11. The number of aromatic nitrogens is 2. The fourth-order valence-electron chi connectivity index (χ4n) is 2.05. The fraction of sp³-hybridized carbons (Fsp3) is 0.533. The maximum Gasteiger partial charge on any atom is 0.0755 e. The summed E-state index contributed by atoms with van der Waals surface area (Å²) in [6.45, 7) is 12.6. The van der Waals surface area contributed by atoms with Crippen molar-refractivity contribution in [1.29, 1.82) is 0 Å². The van der Waals surface area contributed by atoms with E-state index < -0.39 is 0 Å². The summed E-state index contributed by atoms with van der Waals surface area (Å²) in [5.74, 6) is 0. The molecule has 2 rings (SSSR count). The minimum absolute atomic E-state index is 0.134. The predicted molar refractivity (Wildman–Crippen MR) is 81.7 cm³/mol. The zero-order valence-corrected chi connectivity index (χ0v) is 13.3. The van der Waals surface area contributed by atoms with Crippen molar-refractivity contribution in [2.24, 2.45) is 0 Å². The van der Waals surface area contributed by atoms with Crippen molar-refractivity contribution in [1.82, 2.24) is 15.1 Å². The molecule has 0 saturated heterocycles. The zero-order chi connectivity index (χ0) is 14.0. The molecule has 0 fully saturated rings. The Balaban J connectivity index is 2.15. The van der Waals surface area contributed by atoms with E-state index >= 15 is 0 Å². The highest BCUT2D eigenvalue weighted by Gasteiger charge is 2.15. The van der Waals surface area contributed by atoms with Gasteiger partial charge in [0.15, 0.2) is 0 Å². The van der Waals surface area contributed by atoms with Gasteiger partial charge >= 0.3 is 0 Å². The molecule has 0 amide bonds. The van der Waals surface area contributed by atoms with E-state index in [1.807, 2.05) is 0 Å². The molecule has 1 N–H and O–H groups in total. The van der Waals surface area contributed by atoms with Crippen LogP contribution in [-0.4, -0.2) is 15.3 Å². The molecule has 19 heavy (non-hydrogen) atoms. The van der Waals surface area contributed by atoms with Crippen LogP contribution in [-0.2, 0) is 13.1 Å². The van der Waals surface area contributed by atoms with Crippen LogP contribution in [0.5, 0.6) is 0 Å². The van der Waals surface area contributed by atoms with Gasteiger partial charge < -0.3 is 5.32 Å². The highest BCUT2D eigenvalue weighted by Crippen LogP contribution is 2.17. The van der Waals surface area contributed by atoms with E-state index in [0.29, 0.717) is 0 Å². The third kappa shape index (κ3) is 3.67. The van der Waals surface area contributed by atoms with Crippen molar-refractivity contribution in [3.8, 4) is 0 Å². The lowest BCUT2D eigenvalue weighted by molar-refractivity contribution is 0.423. The quantitative estimate of drug-likeness (QED) is 0.927. The maximum atomic E-state index is 4.67. The molecule has 0 spiro atoms. The van der Waals surface area contributed by atoms with Gasteiger partial charge in [-0.25, -0.2) is 0 Å². The molecular formula is C15H23N3S. The first kappa shape index (κ1) is 14.3. The highest BCUT2D eigenvalue weighted by molar-refractivity contribution is 7.09. The standard InChI is InChI=1S/C15H23N3S/c1-11-14(9-16-15(3,4)5)12(2)18(17-11)10-13-7-6-8-19-13/h6-8,16H,9-10H2,1-5H3. The monoisotopic (exact) mass is 277 g/mol. The first-order valence-corrected chi connectivity index (χ1v) is 7.55. The molecule has 2 aromatic rings. The zero-order valence-electron chi connectivity index (χ0n) is 12.4. The van der Waals surface area contributed by atoms with Gasteiger partial charge in [-0.3, -0.25) is 4.68 Å². The van der Waals surface area contributed by atoms with Gasteiger partial charge in [0.2, 0.25) is 0 Å². The lowest BCUT2D eigenvalue weighted by atomic mass is 10.1. The molecule has 0 saturated carbocycles. The van der Waals surface area contributed by atoms with Crippen molar-refractivity contribution < 1.29 is 0 Å². The number of hydrogen-bond donors (Lipinski definition) is 1. The molecule has 0 unspecified atom stereocenters. The van der Waals surface area contributed by atoms with Gasteiger partial charge in [-0.05, 0) is 46.1 Å². The normalized spacial score (nSPS) is 12.1. The molecule has 0 bridgehead atoms. The van der Waals surface area contributed by atoms with Crippen LogP contribution >= 0.6 is 11.3 Å². The Morgan fingerprint density at radius 3 is 2.63 bits per heavy atom. The van der Waals surface area contributed by atoms with E-state index in [1.165, 1.54) is 16.1 Å². The van der Waals surface area contributed by atoms with E-state index in [-0.39, 0.29) is 5.54 Å². The Kier molecular flexibility index (Phi) is 4.11. The number of aryl methyl sites for hydroxylation is 1. The second-order valence-corrected chi connectivity index (χ2v) is 7.02. The van der Waals surface area contributed by atoms with Crippen LogP contribution in [0.3, 0.4) is 0 Å². The molecule has 3 nitrogen and oxygen atoms in total. The maximum absolute atomic E-state index is 4.67. The number of rotatable bonds is 4. The molecular weight excluding hydrogens is 254 g/mol. The fourth-order valence-corrected chi connectivity index (χ4v) is 2.73. The molecule has 104 valence electrons. The van der Waals surface area contributed by atoms with Gasteiger partial charge in [0.1, 0.15) is 0 Å². The summed E-state index contributed by atoms with van der Waals surface area (Å²) in [5.41, 5.74) is 3.86. The Bertz CT molecular complexity index is 532. The van der Waals surface area contributed by atoms with E-state index in [4.69, 9.17) is 0 Å². The van der Waals surface area contributed by atoms with Crippen LogP contribution in [0.4, 0.5) is 0 Å². The van der Waals surface area contributed by atoms with Gasteiger partial charge in [0, 0.05) is 28.2 Å². The molecule has 0 aliphatic rings. The van der Waals surface area contributed by atoms with Crippen molar-refractivity contribution in [2.75, 3.05) is 0 Å². The molecule has 0 aliphatic heterocycles. The van der Waals surface area contributed by atoms with E-state index in [1.54, 1.807) is 11.3 Å². The Hall–Kier alpha value is -1.13. The van der Waals surface area contributed by atoms with E-state index in [9.17, 15) is 0 Å². The third-order valence-electron chi connectivity index (χ3n) is 3.21. The van der Waals surface area contributed by atoms with Crippen molar-refractivity contribution in [2.45, 2.75) is 53.2 Å². The summed E-state index contributed by atoms with van der Waals surface area (Å²) in [5, 5.41) is 10.3. The van der Waals surface area contributed by atoms with Crippen LogP contribution < -0.4 is 5.32 Å². The SMILES string of the molecule is Cc1nn(Cc2cccs2)c(C)c1CNC(C)(C)C. The molecule has 0 aliphatic carbocycles. The van der Waals surface area contributed by atoms with Gasteiger partial charge in [-0.2, -0.15) is 5.10 Å².